The number of hydrogen-bond donors (Lipinski definition) is 2. The normalized spacial score (nSPS) is 23.3. The largest absolute Gasteiger partial charge is 0.486 e. The molecule has 0 bridgehead atoms. The molecule has 1 aliphatic heterocycles. The van der Waals surface area contributed by atoms with Gasteiger partial charge in [0.05, 0.1) is 5.56 Å². The van der Waals surface area contributed by atoms with E-state index in [9.17, 15) is 4.79 Å². The highest BCUT2D eigenvalue weighted by atomic mass is 35.5. The first-order valence-corrected chi connectivity index (χ1v) is 7.66. The molecule has 0 radical (unpaired) electrons. The molecule has 5 nitrogen and oxygen atoms in total. The van der Waals surface area contributed by atoms with Crippen molar-refractivity contribution in [1.29, 1.82) is 0 Å². The van der Waals surface area contributed by atoms with Crippen molar-refractivity contribution < 1.29 is 14.3 Å². The second-order valence-electron chi connectivity index (χ2n) is 5.83. The highest BCUT2D eigenvalue weighted by Crippen LogP contribution is 2.33. The molecular weight excluding hydrogens is 304 g/mol. The molecule has 6 heteroatoms. The van der Waals surface area contributed by atoms with Gasteiger partial charge in [0, 0.05) is 12.6 Å². The van der Waals surface area contributed by atoms with E-state index in [-0.39, 0.29) is 24.4 Å². The molecule has 22 heavy (non-hydrogen) atoms. The van der Waals surface area contributed by atoms with Crippen LogP contribution in [0.4, 0.5) is 0 Å². The fraction of sp³-hybridized carbons (Fsp3) is 0.562. The van der Waals surface area contributed by atoms with Crippen LogP contribution < -0.4 is 20.5 Å². The SMILES string of the molecule is Cl.NC1CCCC(CNC(=O)c2cccc3c2OCCO3)C1. The average Bonchev–Trinajstić information content (AvgIpc) is 2.52. The average molecular weight is 327 g/mol. The molecule has 0 aromatic heterocycles. The van der Waals surface area contributed by atoms with Crippen LogP contribution in [0.2, 0.25) is 0 Å². The molecule has 1 saturated carbocycles. The number of halogens is 1. The summed E-state index contributed by atoms with van der Waals surface area (Å²) >= 11 is 0. The van der Waals surface area contributed by atoms with Crippen molar-refractivity contribution in [3.63, 3.8) is 0 Å². The van der Waals surface area contributed by atoms with Crippen molar-refractivity contribution >= 4 is 18.3 Å². The maximum Gasteiger partial charge on any atom is 0.255 e. The van der Waals surface area contributed by atoms with E-state index in [1.807, 2.05) is 12.1 Å². The minimum atomic E-state index is -0.100. The van der Waals surface area contributed by atoms with Crippen molar-refractivity contribution in [2.75, 3.05) is 19.8 Å². The topological polar surface area (TPSA) is 73.6 Å². The van der Waals surface area contributed by atoms with Crippen LogP contribution in [0.5, 0.6) is 11.5 Å². The van der Waals surface area contributed by atoms with E-state index in [0.29, 0.717) is 42.7 Å². The molecule has 1 amide bonds. The molecule has 1 aromatic rings. The summed E-state index contributed by atoms with van der Waals surface area (Å²) in [7, 11) is 0. The van der Waals surface area contributed by atoms with Crippen molar-refractivity contribution in [2.45, 2.75) is 31.7 Å². The predicted molar refractivity (Wildman–Crippen MR) is 86.9 cm³/mol. The van der Waals surface area contributed by atoms with Gasteiger partial charge in [0.1, 0.15) is 13.2 Å². The van der Waals surface area contributed by atoms with Crippen LogP contribution >= 0.6 is 12.4 Å². The lowest BCUT2D eigenvalue weighted by Crippen LogP contribution is -2.36. The van der Waals surface area contributed by atoms with Gasteiger partial charge in [0.25, 0.3) is 5.91 Å². The first-order valence-electron chi connectivity index (χ1n) is 7.66. The van der Waals surface area contributed by atoms with Crippen LogP contribution in [-0.2, 0) is 0 Å². The van der Waals surface area contributed by atoms with Gasteiger partial charge in [0.15, 0.2) is 11.5 Å². The quantitative estimate of drug-likeness (QED) is 0.892. The number of nitrogens with two attached hydrogens (primary N) is 1. The van der Waals surface area contributed by atoms with Gasteiger partial charge in [0.2, 0.25) is 0 Å². The minimum absolute atomic E-state index is 0. The molecule has 2 unspecified atom stereocenters. The zero-order valence-electron chi connectivity index (χ0n) is 12.5. The molecular formula is C16H23ClN2O3. The predicted octanol–water partition coefficient (Wildman–Crippen LogP) is 2.13. The van der Waals surface area contributed by atoms with Crippen molar-refractivity contribution in [3.8, 4) is 11.5 Å². The van der Waals surface area contributed by atoms with Crippen molar-refractivity contribution in [3.05, 3.63) is 23.8 Å². The molecule has 122 valence electrons. The summed E-state index contributed by atoms with van der Waals surface area (Å²) in [6.45, 7) is 1.68. The smallest absolute Gasteiger partial charge is 0.255 e. The lowest BCUT2D eigenvalue weighted by Gasteiger charge is -2.27. The van der Waals surface area contributed by atoms with E-state index in [1.165, 1.54) is 0 Å². The zero-order chi connectivity index (χ0) is 14.7. The number of carbonyl (C=O) groups excluding carboxylic acids is 1. The minimum Gasteiger partial charge on any atom is -0.486 e. The van der Waals surface area contributed by atoms with E-state index >= 15 is 0 Å². The van der Waals surface area contributed by atoms with Gasteiger partial charge in [-0.1, -0.05) is 12.5 Å². The lowest BCUT2D eigenvalue weighted by atomic mass is 9.86. The van der Waals surface area contributed by atoms with Gasteiger partial charge in [-0.3, -0.25) is 4.79 Å². The Morgan fingerprint density at radius 1 is 1.27 bits per heavy atom. The molecule has 1 fully saturated rings. The first-order chi connectivity index (χ1) is 10.2. The summed E-state index contributed by atoms with van der Waals surface area (Å²) in [6, 6.07) is 5.70. The summed E-state index contributed by atoms with van der Waals surface area (Å²) in [5.41, 5.74) is 6.53. The fourth-order valence-electron chi connectivity index (χ4n) is 3.10. The Kier molecular flexibility index (Phi) is 5.91. The van der Waals surface area contributed by atoms with Crippen LogP contribution in [0.15, 0.2) is 18.2 Å². The maximum atomic E-state index is 12.4. The molecule has 0 saturated heterocycles. The van der Waals surface area contributed by atoms with Crippen LogP contribution in [0.3, 0.4) is 0 Å². The summed E-state index contributed by atoms with van der Waals surface area (Å²) in [5.74, 6) is 1.58. The Balaban J connectivity index is 0.00000176. The van der Waals surface area contributed by atoms with Gasteiger partial charge < -0.3 is 20.5 Å². The Hall–Kier alpha value is -1.46. The Bertz CT molecular complexity index is 524. The van der Waals surface area contributed by atoms with E-state index in [0.717, 1.165) is 25.7 Å². The van der Waals surface area contributed by atoms with E-state index in [1.54, 1.807) is 6.07 Å². The van der Waals surface area contributed by atoms with Crippen molar-refractivity contribution in [2.24, 2.45) is 11.7 Å². The summed E-state index contributed by atoms with van der Waals surface area (Å²) in [5, 5.41) is 3.01. The number of nitrogens with one attached hydrogen (secondary N) is 1. The second-order valence-corrected chi connectivity index (χ2v) is 5.83. The Morgan fingerprint density at radius 2 is 2.09 bits per heavy atom. The number of para-hydroxylation sites is 1. The second kappa shape index (κ2) is 7.70. The van der Waals surface area contributed by atoms with E-state index in [2.05, 4.69) is 5.32 Å². The molecule has 2 atom stereocenters. The monoisotopic (exact) mass is 326 g/mol. The van der Waals surface area contributed by atoms with E-state index < -0.39 is 0 Å². The number of amides is 1. The molecule has 2 aliphatic rings. The molecule has 1 aromatic carbocycles. The third kappa shape index (κ3) is 3.84. The van der Waals surface area contributed by atoms with Gasteiger partial charge in [-0.25, -0.2) is 0 Å². The molecule has 0 spiro atoms. The van der Waals surface area contributed by atoms with Crippen LogP contribution in [0, 0.1) is 5.92 Å². The molecule has 3 N–H and O–H groups in total. The van der Waals surface area contributed by atoms with Crippen LogP contribution in [0.1, 0.15) is 36.0 Å². The molecule has 1 aliphatic carbocycles. The zero-order valence-corrected chi connectivity index (χ0v) is 13.4. The van der Waals surface area contributed by atoms with Crippen LogP contribution in [-0.4, -0.2) is 31.7 Å². The summed E-state index contributed by atoms with van der Waals surface area (Å²) < 4.78 is 11.1. The fourth-order valence-corrected chi connectivity index (χ4v) is 3.10. The first kappa shape index (κ1) is 16.9. The third-order valence-electron chi connectivity index (χ3n) is 4.19. The third-order valence-corrected chi connectivity index (χ3v) is 4.19. The van der Waals surface area contributed by atoms with Crippen molar-refractivity contribution in [1.82, 2.24) is 5.32 Å². The number of carbonyl (C=O) groups is 1. The Morgan fingerprint density at radius 3 is 2.91 bits per heavy atom. The summed E-state index contributed by atoms with van der Waals surface area (Å²) in [4.78, 5) is 12.4. The van der Waals surface area contributed by atoms with E-state index in [4.69, 9.17) is 15.2 Å². The van der Waals surface area contributed by atoms with Gasteiger partial charge in [-0.2, -0.15) is 0 Å². The molecule has 3 rings (SSSR count). The number of hydrogen-bond acceptors (Lipinski definition) is 4. The van der Waals surface area contributed by atoms with Crippen LogP contribution in [0.25, 0.3) is 0 Å². The Labute approximate surface area is 137 Å². The number of ether oxygens (including phenoxy) is 2. The maximum absolute atomic E-state index is 12.4. The number of benzene rings is 1. The standard InChI is InChI=1S/C16H22N2O3.ClH/c17-12-4-1-3-11(9-12)10-18-16(19)13-5-2-6-14-15(13)21-8-7-20-14;/h2,5-6,11-12H,1,3-4,7-10,17H2,(H,18,19);1H. The van der Waals surface area contributed by atoms with Gasteiger partial charge in [-0.05, 0) is 37.3 Å². The van der Waals surface area contributed by atoms with Gasteiger partial charge in [-0.15, -0.1) is 12.4 Å². The highest BCUT2D eigenvalue weighted by Gasteiger charge is 2.23. The van der Waals surface area contributed by atoms with Gasteiger partial charge >= 0.3 is 0 Å². The number of rotatable bonds is 3. The highest BCUT2D eigenvalue weighted by molar-refractivity contribution is 5.97. The molecule has 1 heterocycles. The summed E-state index contributed by atoms with van der Waals surface area (Å²) in [6.07, 6.45) is 4.38. The number of fused-ring (bicyclic) bond motifs is 1. The lowest BCUT2D eigenvalue weighted by molar-refractivity contribution is 0.0931.